The lowest BCUT2D eigenvalue weighted by atomic mass is 10.00. The third kappa shape index (κ3) is 3.66. The van der Waals surface area contributed by atoms with E-state index in [-0.39, 0.29) is 6.04 Å². The first-order valence-corrected chi connectivity index (χ1v) is 8.20. The van der Waals surface area contributed by atoms with Gasteiger partial charge in [-0.2, -0.15) is 17.0 Å². The van der Waals surface area contributed by atoms with E-state index < -0.39 is 10.2 Å². The summed E-state index contributed by atoms with van der Waals surface area (Å²) < 4.78 is 28.1. The molecule has 0 aromatic heterocycles. The Morgan fingerprint density at radius 1 is 1.50 bits per heavy atom. The zero-order valence-electron chi connectivity index (χ0n) is 12.0. The van der Waals surface area contributed by atoms with Gasteiger partial charge < -0.3 is 5.32 Å². The van der Waals surface area contributed by atoms with Gasteiger partial charge in [0, 0.05) is 26.2 Å². The Morgan fingerprint density at radius 2 is 2.17 bits per heavy atom. The van der Waals surface area contributed by atoms with Crippen molar-refractivity contribution >= 4 is 10.2 Å². The van der Waals surface area contributed by atoms with Crippen LogP contribution >= 0.6 is 0 Å². The molecule has 2 atom stereocenters. The quantitative estimate of drug-likeness (QED) is 0.784. The van der Waals surface area contributed by atoms with Crippen LogP contribution in [0, 0.1) is 5.92 Å². The summed E-state index contributed by atoms with van der Waals surface area (Å²) in [5.74, 6) is 0.434. The highest BCUT2D eigenvalue weighted by molar-refractivity contribution is 7.86. The molecule has 108 valence electrons. The van der Waals surface area contributed by atoms with Gasteiger partial charge in [0.2, 0.25) is 0 Å². The molecule has 0 aromatic carbocycles. The smallest absolute Gasteiger partial charge is 0.281 e. The highest BCUT2D eigenvalue weighted by Crippen LogP contribution is 2.21. The number of hydrogen-bond donors (Lipinski definition) is 1. The van der Waals surface area contributed by atoms with Crippen LogP contribution in [-0.4, -0.2) is 56.8 Å². The van der Waals surface area contributed by atoms with Crippen molar-refractivity contribution in [3.63, 3.8) is 0 Å². The van der Waals surface area contributed by atoms with E-state index >= 15 is 0 Å². The van der Waals surface area contributed by atoms with Gasteiger partial charge in [0.1, 0.15) is 0 Å². The lowest BCUT2D eigenvalue weighted by molar-refractivity contribution is 0.240. The van der Waals surface area contributed by atoms with Crippen LogP contribution in [0.15, 0.2) is 0 Å². The van der Waals surface area contributed by atoms with Crippen molar-refractivity contribution in [1.29, 1.82) is 0 Å². The summed E-state index contributed by atoms with van der Waals surface area (Å²) in [6.45, 7) is 6.15. The van der Waals surface area contributed by atoms with E-state index in [0.29, 0.717) is 19.0 Å². The topological polar surface area (TPSA) is 52.7 Å². The molecule has 0 radical (unpaired) electrons. The number of nitrogens with one attached hydrogen (secondary N) is 1. The molecule has 0 amide bonds. The lowest BCUT2D eigenvalue weighted by Crippen LogP contribution is -2.50. The Balaban J connectivity index is 2.72. The van der Waals surface area contributed by atoms with Crippen molar-refractivity contribution in [2.75, 3.05) is 33.7 Å². The van der Waals surface area contributed by atoms with Gasteiger partial charge in [-0.25, -0.2) is 0 Å². The van der Waals surface area contributed by atoms with Crippen LogP contribution in [0.3, 0.4) is 0 Å². The summed E-state index contributed by atoms with van der Waals surface area (Å²) in [5.41, 5.74) is 0. The largest absolute Gasteiger partial charge is 0.319 e. The normalized spacial score (nSPS) is 24.4. The molecular weight excluding hydrogens is 250 g/mol. The molecule has 5 nitrogen and oxygen atoms in total. The van der Waals surface area contributed by atoms with Gasteiger partial charge >= 0.3 is 0 Å². The second-order valence-electron chi connectivity index (χ2n) is 5.21. The minimum absolute atomic E-state index is 0.0553. The third-order valence-electron chi connectivity index (χ3n) is 3.88. The first-order chi connectivity index (χ1) is 8.43. The van der Waals surface area contributed by atoms with E-state index in [4.69, 9.17) is 0 Å². The van der Waals surface area contributed by atoms with E-state index in [1.807, 2.05) is 20.9 Å². The van der Waals surface area contributed by atoms with Gasteiger partial charge in [0.05, 0.1) is 0 Å². The van der Waals surface area contributed by atoms with E-state index in [1.54, 1.807) is 11.4 Å². The summed E-state index contributed by atoms with van der Waals surface area (Å²) in [7, 11) is 0.315. The van der Waals surface area contributed by atoms with Crippen molar-refractivity contribution in [2.24, 2.45) is 5.92 Å². The van der Waals surface area contributed by atoms with E-state index in [2.05, 4.69) is 5.32 Å². The van der Waals surface area contributed by atoms with E-state index in [0.717, 1.165) is 25.8 Å². The minimum Gasteiger partial charge on any atom is -0.319 e. The first-order valence-electron chi connectivity index (χ1n) is 6.81. The second-order valence-corrected chi connectivity index (χ2v) is 7.19. The van der Waals surface area contributed by atoms with Crippen molar-refractivity contribution in [2.45, 2.75) is 39.2 Å². The van der Waals surface area contributed by atoms with Crippen LogP contribution in [0.2, 0.25) is 0 Å². The van der Waals surface area contributed by atoms with Crippen molar-refractivity contribution in [1.82, 2.24) is 13.9 Å². The molecule has 1 saturated heterocycles. The SMILES string of the molecule is CCC(C)N(C)S(=O)(=O)N1CCCC(CNC)C1. The number of hydrogen-bond acceptors (Lipinski definition) is 3. The summed E-state index contributed by atoms with van der Waals surface area (Å²) in [6, 6.07) is 0.0553. The van der Waals surface area contributed by atoms with Gasteiger partial charge in [-0.15, -0.1) is 0 Å². The molecule has 0 saturated carbocycles. The van der Waals surface area contributed by atoms with Gasteiger partial charge in [-0.3, -0.25) is 0 Å². The molecule has 0 spiro atoms. The standard InChI is InChI=1S/C12H27N3O2S/c1-5-11(2)14(4)18(16,17)15-8-6-7-12(10-15)9-13-3/h11-13H,5-10H2,1-4H3. The molecule has 1 fully saturated rings. The number of rotatable bonds is 6. The molecule has 0 aromatic rings. The molecule has 1 aliphatic rings. The molecule has 1 N–H and O–H groups in total. The average Bonchev–Trinajstić information content (AvgIpc) is 2.37. The van der Waals surface area contributed by atoms with Crippen LogP contribution in [0.4, 0.5) is 0 Å². The Bertz CT molecular complexity index is 343. The number of piperidine rings is 1. The predicted molar refractivity (Wildman–Crippen MR) is 74.7 cm³/mol. The Morgan fingerprint density at radius 3 is 2.72 bits per heavy atom. The van der Waals surface area contributed by atoms with Gasteiger partial charge in [0.15, 0.2) is 0 Å². The maximum Gasteiger partial charge on any atom is 0.281 e. The molecule has 0 aliphatic carbocycles. The molecule has 1 aliphatic heterocycles. The zero-order valence-corrected chi connectivity index (χ0v) is 12.8. The van der Waals surface area contributed by atoms with E-state index in [9.17, 15) is 8.42 Å². The molecule has 1 heterocycles. The summed E-state index contributed by atoms with van der Waals surface area (Å²) in [5, 5.41) is 3.14. The first kappa shape index (κ1) is 15.9. The molecule has 0 bridgehead atoms. The summed E-state index contributed by atoms with van der Waals surface area (Å²) in [4.78, 5) is 0. The van der Waals surface area contributed by atoms with Crippen molar-refractivity contribution < 1.29 is 8.42 Å². The fourth-order valence-electron chi connectivity index (χ4n) is 2.36. The van der Waals surface area contributed by atoms with Crippen LogP contribution in [0.25, 0.3) is 0 Å². The Labute approximate surface area is 112 Å². The molecule has 1 rings (SSSR count). The highest BCUT2D eigenvalue weighted by Gasteiger charge is 2.33. The molecule has 2 unspecified atom stereocenters. The average molecular weight is 277 g/mol. The van der Waals surface area contributed by atoms with E-state index in [1.165, 1.54) is 4.31 Å². The van der Waals surface area contributed by atoms with Crippen LogP contribution < -0.4 is 5.32 Å². The second kappa shape index (κ2) is 6.84. The minimum atomic E-state index is -3.29. The predicted octanol–water partition coefficient (Wildman–Crippen LogP) is 0.893. The maximum absolute atomic E-state index is 12.5. The van der Waals surface area contributed by atoms with Crippen LogP contribution in [0.5, 0.6) is 0 Å². The fourth-order valence-corrected chi connectivity index (χ4v) is 4.09. The fraction of sp³-hybridized carbons (Fsp3) is 1.00. The highest BCUT2D eigenvalue weighted by atomic mass is 32.2. The van der Waals surface area contributed by atoms with Crippen LogP contribution in [-0.2, 0) is 10.2 Å². The Kier molecular flexibility index (Phi) is 6.04. The van der Waals surface area contributed by atoms with Gasteiger partial charge in [-0.1, -0.05) is 6.92 Å². The molecular formula is C12H27N3O2S. The summed E-state index contributed by atoms with van der Waals surface area (Å²) >= 11 is 0. The summed E-state index contributed by atoms with van der Waals surface area (Å²) in [6.07, 6.45) is 2.91. The van der Waals surface area contributed by atoms with Gasteiger partial charge in [-0.05, 0) is 45.7 Å². The van der Waals surface area contributed by atoms with Crippen LogP contribution in [0.1, 0.15) is 33.1 Å². The van der Waals surface area contributed by atoms with Crippen molar-refractivity contribution in [3.8, 4) is 0 Å². The Hall–Kier alpha value is -0.170. The molecule has 18 heavy (non-hydrogen) atoms. The number of nitrogens with zero attached hydrogens (tertiary/aromatic N) is 2. The van der Waals surface area contributed by atoms with Gasteiger partial charge in [0.25, 0.3) is 10.2 Å². The maximum atomic E-state index is 12.5. The zero-order chi connectivity index (χ0) is 13.8. The third-order valence-corrected chi connectivity index (χ3v) is 5.95. The molecule has 6 heteroatoms. The lowest BCUT2D eigenvalue weighted by Gasteiger charge is -2.36. The monoisotopic (exact) mass is 277 g/mol. The van der Waals surface area contributed by atoms with Crippen molar-refractivity contribution in [3.05, 3.63) is 0 Å².